The number of ketones is 1. The predicted molar refractivity (Wildman–Crippen MR) is 108 cm³/mol. The van der Waals surface area contributed by atoms with Crippen LogP contribution >= 0.6 is 11.8 Å². The SMILES string of the molecule is CC(=O)SCC(=Cc1ccccc1C(=O)CC#N)B1OC(C)(C)C(C)(C)O1. The molecule has 1 fully saturated rings. The Morgan fingerprint density at radius 3 is 2.33 bits per heavy atom. The highest BCUT2D eigenvalue weighted by molar-refractivity contribution is 8.13. The molecule has 142 valence electrons. The van der Waals surface area contributed by atoms with Crippen molar-refractivity contribution in [2.75, 3.05) is 5.75 Å². The van der Waals surface area contributed by atoms with Crippen LogP contribution in [0.4, 0.5) is 0 Å². The van der Waals surface area contributed by atoms with Crippen LogP contribution in [0, 0.1) is 11.3 Å². The molecule has 2 rings (SSSR count). The number of Topliss-reactive ketones (excluding diaryl/α,β-unsaturated/α-hetero) is 1. The molecule has 0 aliphatic carbocycles. The van der Waals surface area contributed by atoms with Crippen LogP contribution < -0.4 is 0 Å². The van der Waals surface area contributed by atoms with Gasteiger partial charge in [0, 0.05) is 18.2 Å². The molecule has 27 heavy (non-hydrogen) atoms. The van der Waals surface area contributed by atoms with E-state index in [-0.39, 0.29) is 17.3 Å². The lowest BCUT2D eigenvalue weighted by Gasteiger charge is -2.32. The van der Waals surface area contributed by atoms with E-state index in [9.17, 15) is 9.59 Å². The number of nitriles is 1. The van der Waals surface area contributed by atoms with Crippen LogP contribution in [0.1, 0.15) is 57.0 Å². The smallest absolute Gasteiger partial charge is 0.400 e. The summed E-state index contributed by atoms with van der Waals surface area (Å²) >= 11 is 1.17. The Labute approximate surface area is 165 Å². The van der Waals surface area contributed by atoms with Crippen LogP contribution in [0.2, 0.25) is 0 Å². The van der Waals surface area contributed by atoms with Crippen molar-refractivity contribution in [2.45, 2.75) is 52.2 Å². The largest absolute Gasteiger partial charge is 0.491 e. The van der Waals surface area contributed by atoms with E-state index in [1.807, 2.05) is 52.0 Å². The predicted octanol–water partition coefficient (Wildman–Crippen LogP) is 4.08. The molecule has 0 aromatic heterocycles. The summed E-state index contributed by atoms with van der Waals surface area (Å²) in [5, 5.41) is 8.83. The maximum absolute atomic E-state index is 12.3. The zero-order valence-corrected chi connectivity index (χ0v) is 17.2. The highest BCUT2D eigenvalue weighted by atomic mass is 32.2. The zero-order chi connectivity index (χ0) is 20.2. The number of nitrogens with zero attached hydrogens (tertiary/aromatic N) is 1. The number of carbonyl (C=O) groups excluding carboxylic acids is 2. The first-order valence-corrected chi connectivity index (χ1v) is 9.74. The van der Waals surface area contributed by atoms with Crippen molar-refractivity contribution in [3.8, 4) is 6.07 Å². The van der Waals surface area contributed by atoms with Crippen molar-refractivity contribution in [3.63, 3.8) is 0 Å². The van der Waals surface area contributed by atoms with E-state index >= 15 is 0 Å². The Bertz CT molecular complexity index is 794. The van der Waals surface area contributed by atoms with Gasteiger partial charge in [0.25, 0.3) is 0 Å². The van der Waals surface area contributed by atoms with Crippen molar-refractivity contribution in [2.24, 2.45) is 0 Å². The Hall–Kier alpha value is -1.88. The molecule has 0 atom stereocenters. The van der Waals surface area contributed by atoms with Crippen LogP contribution in [0.5, 0.6) is 0 Å². The summed E-state index contributed by atoms with van der Waals surface area (Å²) in [5.74, 6) is 0.157. The number of thioether (sulfide) groups is 1. The minimum atomic E-state index is -0.610. The molecule has 0 spiro atoms. The maximum Gasteiger partial charge on any atom is 0.491 e. The van der Waals surface area contributed by atoms with Crippen molar-refractivity contribution in [3.05, 3.63) is 40.9 Å². The van der Waals surface area contributed by atoms with Gasteiger partial charge in [-0.2, -0.15) is 5.26 Å². The summed E-state index contributed by atoms with van der Waals surface area (Å²) in [5.41, 5.74) is 0.917. The summed E-state index contributed by atoms with van der Waals surface area (Å²) in [4.78, 5) is 23.8. The highest BCUT2D eigenvalue weighted by Crippen LogP contribution is 2.39. The number of hydrogen-bond donors (Lipinski definition) is 0. The summed E-state index contributed by atoms with van der Waals surface area (Å²) in [6, 6.07) is 9.00. The molecule has 0 amide bonds. The third-order valence-electron chi connectivity index (χ3n) is 4.84. The van der Waals surface area contributed by atoms with Gasteiger partial charge in [0.05, 0.1) is 23.7 Å². The molecule has 1 aliphatic rings. The number of carbonyl (C=O) groups is 2. The minimum Gasteiger partial charge on any atom is -0.400 e. The van der Waals surface area contributed by atoms with E-state index in [4.69, 9.17) is 14.6 Å². The van der Waals surface area contributed by atoms with Crippen LogP contribution in [0.3, 0.4) is 0 Å². The average molecular weight is 385 g/mol. The van der Waals surface area contributed by atoms with Gasteiger partial charge in [-0.05, 0) is 38.7 Å². The zero-order valence-electron chi connectivity index (χ0n) is 16.4. The quantitative estimate of drug-likeness (QED) is 0.543. The standard InChI is InChI=1S/C20H24BNO4S/c1-14(23)27-13-16(21-25-19(2,3)20(4,5)26-21)12-15-8-6-7-9-17(15)18(24)10-11-22/h6-9,12H,10,13H2,1-5H3. The van der Waals surface area contributed by atoms with Gasteiger partial charge in [0.2, 0.25) is 0 Å². The summed E-state index contributed by atoms with van der Waals surface area (Å²) in [6.07, 6.45) is 1.65. The van der Waals surface area contributed by atoms with Gasteiger partial charge in [-0.15, -0.1) is 0 Å². The highest BCUT2D eigenvalue weighted by Gasteiger charge is 2.52. The second kappa shape index (κ2) is 8.43. The average Bonchev–Trinajstić information content (AvgIpc) is 2.79. The van der Waals surface area contributed by atoms with E-state index in [1.165, 1.54) is 18.7 Å². The molecule has 7 heteroatoms. The van der Waals surface area contributed by atoms with Crippen LogP contribution in [0.25, 0.3) is 6.08 Å². The topological polar surface area (TPSA) is 76.4 Å². The van der Waals surface area contributed by atoms with Crippen LogP contribution in [0.15, 0.2) is 29.7 Å². The van der Waals surface area contributed by atoms with E-state index in [0.717, 1.165) is 5.47 Å². The molecule has 0 bridgehead atoms. The summed E-state index contributed by atoms with van der Waals surface area (Å²) in [6.45, 7) is 9.37. The molecule has 5 nitrogen and oxygen atoms in total. The number of rotatable bonds is 6. The fraction of sp³-hybridized carbons (Fsp3) is 0.450. The monoisotopic (exact) mass is 385 g/mol. The van der Waals surface area contributed by atoms with Crippen molar-refractivity contribution < 1.29 is 18.9 Å². The second-order valence-corrected chi connectivity index (χ2v) is 8.59. The first kappa shape index (κ1) is 21.4. The lowest BCUT2D eigenvalue weighted by molar-refractivity contribution is -0.109. The Morgan fingerprint density at radius 1 is 1.19 bits per heavy atom. The number of benzene rings is 1. The molecule has 0 saturated carbocycles. The molecular weight excluding hydrogens is 361 g/mol. The van der Waals surface area contributed by atoms with Crippen LogP contribution in [-0.4, -0.2) is 35.0 Å². The molecule has 0 radical (unpaired) electrons. The molecule has 1 aliphatic heterocycles. The third-order valence-corrected chi connectivity index (χ3v) is 5.72. The molecule has 1 saturated heterocycles. The second-order valence-electron chi connectivity index (χ2n) is 7.43. The van der Waals surface area contributed by atoms with Gasteiger partial charge in [-0.25, -0.2) is 0 Å². The van der Waals surface area contributed by atoms with Gasteiger partial charge >= 0.3 is 7.12 Å². The van der Waals surface area contributed by atoms with Gasteiger partial charge in [0.1, 0.15) is 0 Å². The molecule has 1 aromatic carbocycles. The molecule has 0 unspecified atom stereocenters. The normalized spacial score (nSPS) is 18.2. The van der Waals surface area contributed by atoms with Crippen molar-refractivity contribution in [1.82, 2.24) is 0 Å². The van der Waals surface area contributed by atoms with Gasteiger partial charge < -0.3 is 9.31 Å². The van der Waals surface area contributed by atoms with Gasteiger partial charge in [0.15, 0.2) is 10.9 Å². The van der Waals surface area contributed by atoms with Crippen LogP contribution in [-0.2, 0) is 14.1 Å². The Morgan fingerprint density at radius 2 is 1.78 bits per heavy atom. The summed E-state index contributed by atoms with van der Waals surface area (Å²) in [7, 11) is -0.610. The number of hydrogen-bond acceptors (Lipinski definition) is 6. The Balaban J connectivity index is 2.43. The maximum atomic E-state index is 12.3. The fourth-order valence-corrected chi connectivity index (χ4v) is 3.19. The third kappa shape index (κ3) is 5.10. The van der Waals surface area contributed by atoms with E-state index in [0.29, 0.717) is 16.9 Å². The molecular formula is C20H24BNO4S. The van der Waals surface area contributed by atoms with Gasteiger partial charge in [-0.1, -0.05) is 42.1 Å². The minimum absolute atomic E-state index is 0.00809. The van der Waals surface area contributed by atoms with Crippen molar-refractivity contribution in [1.29, 1.82) is 5.26 Å². The first-order valence-electron chi connectivity index (χ1n) is 8.76. The Kier molecular flexibility index (Phi) is 6.69. The molecule has 0 N–H and O–H groups in total. The molecule has 1 aromatic rings. The first-order chi connectivity index (χ1) is 12.6. The lowest BCUT2D eigenvalue weighted by atomic mass is 9.77. The van der Waals surface area contributed by atoms with E-state index in [1.54, 1.807) is 12.1 Å². The van der Waals surface area contributed by atoms with Crippen molar-refractivity contribution >= 4 is 35.9 Å². The molecule has 1 heterocycles. The van der Waals surface area contributed by atoms with E-state index in [2.05, 4.69) is 0 Å². The van der Waals surface area contributed by atoms with Gasteiger partial charge in [-0.3, -0.25) is 9.59 Å². The van der Waals surface area contributed by atoms with E-state index < -0.39 is 18.3 Å². The summed E-state index contributed by atoms with van der Waals surface area (Å²) < 4.78 is 12.3. The lowest BCUT2D eigenvalue weighted by Crippen LogP contribution is -2.41. The fourth-order valence-electron chi connectivity index (χ4n) is 2.60.